The van der Waals surface area contributed by atoms with E-state index in [1.807, 2.05) is 97.1 Å². The van der Waals surface area contributed by atoms with Gasteiger partial charge in [-0.3, -0.25) is 0 Å². The predicted molar refractivity (Wildman–Crippen MR) is 190 cm³/mol. The molecule has 1 aliphatic rings. The fourth-order valence-corrected chi connectivity index (χ4v) is 6.43. The minimum atomic E-state index is -0.100. The van der Waals surface area contributed by atoms with Gasteiger partial charge in [0.25, 0.3) is 0 Å². The normalized spacial score (nSPS) is 10.6. The van der Waals surface area contributed by atoms with Crippen molar-refractivity contribution in [3.05, 3.63) is 160 Å². The van der Waals surface area contributed by atoms with Crippen molar-refractivity contribution in [2.45, 2.75) is 0 Å². The van der Waals surface area contributed by atoms with Gasteiger partial charge < -0.3 is 0 Å². The van der Waals surface area contributed by atoms with Crippen molar-refractivity contribution in [2.24, 2.45) is 0 Å². The molecule has 0 spiro atoms. The van der Waals surface area contributed by atoms with Gasteiger partial charge in [-0.2, -0.15) is 31.6 Å². The van der Waals surface area contributed by atoms with Gasteiger partial charge in [0, 0.05) is 16.7 Å². The second kappa shape index (κ2) is 12.7. The summed E-state index contributed by atoms with van der Waals surface area (Å²) in [6, 6.07) is 50.5. The quantitative estimate of drug-likeness (QED) is 0.177. The molecule has 0 saturated carbocycles. The molecule has 1 aliphatic carbocycles. The average Bonchev–Trinajstić information content (AvgIpc) is 3.49. The zero-order chi connectivity index (χ0) is 34.8. The van der Waals surface area contributed by atoms with Gasteiger partial charge in [0.1, 0.15) is 17.7 Å². The summed E-state index contributed by atoms with van der Waals surface area (Å²) < 4.78 is 0. The highest BCUT2D eigenvalue weighted by Crippen LogP contribution is 2.50. The minimum Gasteiger partial charge on any atom is -0.192 e. The molecule has 0 aromatic heterocycles. The standard InChI is InChI=1S/C44H20N6/c45-21-27-1-5-29(6-2-27)31-9-13-33(14-10-31)38-19-40-41-20-39(34-15-11-32(12-16-34)30-7-3-28(22-46)4-8-30)36(24-48)18-43(41)44(37(25-49)26-50)42(40)17-35(38)23-47/h1-20H. The van der Waals surface area contributed by atoms with Gasteiger partial charge in [0.15, 0.2) is 0 Å². The van der Waals surface area contributed by atoms with Gasteiger partial charge in [0.2, 0.25) is 0 Å². The Hall–Kier alpha value is -8.00. The summed E-state index contributed by atoms with van der Waals surface area (Å²) >= 11 is 0. The Kier molecular flexibility index (Phi) is 7.76. The molecule has 0 radical (unpaired) electrons. The fraction of sp³-hybridized carbons (Fsp3) is 0. The summed E-state index contributed by atoms with van der Waals surface area (Å²) in [5, 5.41) is 58.8. The van der Waals surface area contributed by atoms with Crippen LogP contribution in [0.4, 0.5) is 0 Å². The first-order valence-electron chi connectivity index (χ1n) is 15.4. The number of nitrogens with zero attached hydrogens (tertiary/aromatic N) is 6. The number of hydrogen-bond acceptors (Lipinski definition) is 6. The number of nitriles is 6. The molecule has 6 heteroatoms. The second-order valence-corrected chi connectivity index (χ2v) is 11.6. The Morgan fingerprint density at radius 3 is 0.940 bits per heavy atom. The molecule has 0 fully saturated rings. The van der Waals surface area contributed by atoms with E-state index >= 15 is 0 Å². The van der Waals surface area contributed by atoms with E-state index in [4.69, 9.17) is 10.5 Å². The lowest BCUT2D eigenvalue weighted by Crippen LogP contribution is -1.92. The summed E-state index contributed by atoms with van der Waals surface area (Å²) in [5.74, 6) is 0. The molecule has 0 N–H and O–H groups in total. The summed E-state index contributed by atoms with van der Waals surface area (Å²) in [4.78, 5) is 0. The largest absolute Gasteiger partial charge is 0.192 e. The maximum absolute atomic E-state index is 10.3. The van der Waals surface area contributed by atoms with Crippen molar-refractivity contribution in [1.82, 2.24) is 0 Å². The van der Waals surface area contributed by atoms with Crippen LogP contribution >= 0.6 is 0 Å². The lowest BCUT2D eigenvalue weighted by molar-refractivity contribution is 1.45. The summed E-state index contributed by atoms with van der Waals surface area (Å²) in [6.07, 6.45) is 0. The van der Waals surface area contributed by atoms with Crippen LogP contribution in [-0.2, 0) is 0 Å². The van der Waals surface area contributed by atoms with Crippen molar-refractivity contribution in [2.75, 3.05) is 0 Å². The maximum atomic E-state index is 10.3. The lowest BCUT2D eigenvalue weighted by atomic mass is 9.91. The van der Waals surface area contributed by atoms with Crippen LogP contribution < -0.4 is 0 Å². The first-order chi connectivity index (χ1) is 24.5. The van der Waals surface area contributed by atoms with E-state index in [0.29, 0.717) is 50.1 Å². The van der Waals surface area contributed by atoms with E-state index in [-0.39, 0.29) is 5.57 Å². The van der Waals surface area contributed by atoms with Gasteiger partial charge in [-0.15, -0.1) is 0 Å². The molecule has 0 saturated heterocycles. The Balaban J connectivity index is 1.36. The number of allylic oxidation sites excluding steroid dienone is 1. The van der Waals surface area contributed by atoms with E-state index in [1.54, 1.807) is 36.4 Å². The summed E-state index contributed by atoms with van der Waals surface area (Å²) in [7, 11) is 0. The van der Waals surface area contributed by atoms with E-state index in [9.17, 15) is 21.0 Å². The summed E-state index contributed by atoms with van der Waals surface area (Å²) in [5.41, 5.74) is 11.8. The van der Waals surface area contributed by atoms with Crippen LogP contribution in [0, 0.1) is 68.0 Å². The van der Waals surface area contributed by atoms with Gasteiger partial charge in [-0.05, 0) is 104 Å². The van der Waals surface area contributed by atoms with E-state index in [2.05, 4.69) is 24.3 Å². The van der Waals surface area contributed by atoms with E-state index < -0.39 is 0 Å². The molecule has 0 unspecified atom stereocenters. The zero-order valence-electron chi connectivity index (χ0n) is 26.2. The third-order valence-electron chi connectivity index (χ3n) is 8.95. The molecule has 0 atom stereocenters. The van der Waals surface area contributed by atoms with Crippen LogP contribution in [0.25, 0.3) is 61.2 Å². The smallest absolute Gasteiger partial charge is 0.138 e. The monoisotopic (exact) mass is 632 g/mol. The molecular weight excluding hydrogens is 613 g/mol. The molecule has 0 aliphatic heterocycles. The van der Waals surface area contributed by atoms with Crippen LogP contribution in [-0.4, -0.2) is 0 Å². The van der Waals surface area contributed by atoms with Gasteiger partial charge in [-0.1, -0.05) is 72.8 Å². The minimum absolute atomic E-state index is 0.100. The highest BCUT2D eigenvalue weighted by atomic mass is 14.4. The van der Waals surface area contributed by atoms with E-state index in [1.165, 1.54) is 0 Å². The van der Waals surface area contributed by atoms with Crippen LogP contribution in [0.1, 0.15) is 33.4 Å². The third kappa shape index (κ3) is 5.22. The first-order valence-corrected chi connectivity index (χ1v) is 15.4. The molecule has 0 amide bonds. The zero-order valence-corrected chi connectivity index (χ0v) is 26.2. The van der Waals surface area contributed by atoms with E-state index in [0.717, 1.165) is 44.5 Å². The molecule has 6 nitrogen and oxygen atoms in total. The predicted octanol–water partition coefficient (Wildman–Crippen LogP) is 9.67. The van der Waals surface area contributed by atoms with Crippen molar-refractivity contribution in [3.8, 4) is 92.0 Å². The molecule has 50 heavy (non-hydrogen) atoms. The van der Waals surface area contributed by atoms with Crippen molar-refractivity contribution < 1.29 is 0 Å². The van der Waals surface area contributed by atoms with Crippen molar-refractivity contribution in [1.29, 1.82) is 31.6 Å². The van der Waals surface area contributed by atoms with Crippen molar-refractivity contribution in [3.63, 3.8) is 0 Å². The first kappa shape index (κ1) is 30.6. The Morgan fingerprint density at radius 2 is 0.640 bits per heavy atom. The molecule has 6 aromatic rings. The number of benzene rings is 6. The average molecular weight is 633 g/mol. The van der Waals surface area contributed by atoms with Crippen LogP contribution in [0.2, 0.25) is 0 Å². The van der Waals surface area contributed by atoms with Gasteiger partial charge in [-0.25, -0.2) is 0 Å². The molecule has 0 bridgehead atoms. The molecule has 226 valence electrons. The third-order valence-corrected chi connectivity index (χ3v) is 8.95. The SMILES string of the molecule is N#CC(C#N)=C1c2cc(C#N)c(-c3ccc(-c4ccc(C#N)cc4)cc3)cc2-c2cc(-c3ccc(-c4ccc(C#N)cc4)cc3)c(C#N)cc21. The van der Waals surface area contributed by atoms with Crippen LogP contribution in [0.5, 0.6) is 0 Å². The number of hydrogen-bond donors (Lipinski definition) is 0. The summed E-state index contributed by atoms with van der Waals surface area (Å²) in [6.45, 7) is 0. The topological polar surface area (TPSA) is 143 Å². The highest BCUT2D eigenvalue weighted by Gasteiger charge is 2.30. The second-order valence-electron chi connectivity index (χ2n) is 11.6. The van der Waals surface area contributed by atoms with Crippen LogP contribution in [0.3, 0.4) is 0 Å². The van der Waals surface area contributed by atoms with Gasteiger partial charge in [0.05, 0.1) is 46.5 Å². The lowest BCUT2D eigenvalue weighted by Gasteiger charge is -2.12. The Labute approximate surface area is 288 Å². The Bertz CT molecular complexity index is 2470. The maximum Gasteiger partial charge on any atom is 0.138 e. The molecule has 0 heterocycles. The fourth-order valence-electron chi connectivity index (χ4n) is 6.43. The number of fused-ring (bicyclic) bond motifs is 3. The Morgan fingerprint density at radius 1 is 0.320 bits per heavy atom. The highest BCUT2D eigenvalue weighted by molar-refractivity contribution is 6.07. The molecular formula is C44H20N6. The van der Waals surface area contributed by atoms with Crippen LogP contribution in [0.15, 0.2) is 127 Å². The molecule has 7 rings (SSSR count). The molecule has 6 aromatic carbocycles. The van der Waals surface area contributed by atoms with Gasteiger partial charge >= 0.3 is 0 Å². The number of rotatable bonds is 4. The van der Waals surface area contributed by atoms with Crippen molar-refractivity contribution >= 4 is 5.57 Å².